The molecule has 1 saturated carbocycles. The van der Waals surface area contributed by atoms with Gasteiger partial charge in [-0.1, -0.05) is 114 Å². The van der Waals surface area contributed by atoms with Crippen LogP contribution in [-0.4, -0.2) is 5.91 Å². The van der Waals surface area contributed by atoms with E-state index in [0.29, 0.717) is 6.42 Å². The van der Waals surface area contributed by atoms with E-state index >= 15 is 0 Å². The van der Waals surface area contributed by atoms with Gasteiger partial charge in [-0.05, 0) is 37.2 Å². The first-order valence-electron chi connectivity index (χ1n) is 12.5. The van der Waals surface area contributed by atoms with Gasteiger partial charge < -0.3 is 5.32 Å². The molecule has 164 valence electrons. The molecule has 1 N–H and O–H groups in total. The van der Waals surface area contributed by atoms with Crippen molar-refractivity contribution in [3.05, 3.63) is 35.9 Å². The van der Waals surface area contributed by atoms with E-state index in [-0.39, 0.29) is 11.9 Å². The van der Waals surface area contributed by atoms with Crippen molar-refractivity contribution in [2.45, 2.75) is 116 Å². The van der Waals surface area contributed by atoms with E-state index < -0.39 is 0 Å². The normalized spacial score (nSPS) is 19.1. The molecule has 1 fully saturated rings. The van der Waals surface area contributed by atoms with Crippen LogP contribution in [-0.2, 0) is 4.79 Å². The van der Waals surface area contributed by atoms with Crippen LogP contribution in [0.4, 0.5) is 0 Å². The number of unbranched alkanes of at least 4 members (excludes halogenated alkanes) is 9. The van der Waals surface area contributed by atoms with Crippen molar-refractivity contribution in [2.24, 2.45) is 11.8 Å². The maximum absolute atomic E-state index is 12.1. The Bertz CT molecular complexity index is 541. The van der Waals surface area contributed by atoms with Crippen molar-refractivity contribution in [3.8, 4) is 0 Å². The Morgan fingerprint density at radius 1 is 0.862 bits per heavy atom. The number of benzene rings is 1. The van der Waals surface area contributed by atoms with E-state index in [1.54, 1.807) is 0 Å². The standard InChI is InChI=1S/C27H45NO/c1-3-4-5-6-8-12-19-25-22-26(25)20-13-9-7-10-16-21-27(29)28-23(2)24-17-14-11-15-18-24/h11,14-15,17-18,23,25-26H,3-10,12-13,16,19-22H2,1-2H3,(H,28,29). The number of carbonyl (C=O) groups is 1. The molecule has 0 bridgehead atoms. The molecular weight excluding hydrogens is 354 g/mol. The van der Waals surface area contributed by atoms with Crippen LogP contribution in [0, 0.1) is 11.8 Å². The molecule has 3 unspecified atom stereocenters. The van der Waals surface area contributed by atoms with E-state index in [1.165, 1.54) is 89.0 Å². The topological polar surface area (TPSA) is 29.1 Å². The van der Waals surface area contributed by atoms with E-state index in [4.69, 9.17) is 0 Å². The molecule has 1 aromatic carbocycles. The molecule has 2 heteroatoms. The summed E-state index contributed by atoms with van der Waals surface area (Å²) in [5.74, 6) is 2.31. The summed E-state index contributed by atoms with van der Waals surface area (Å²) in [6.45, 7) is 4.35. The lowest BCUT2D eigenvalue weighted by Gasteiger charge is -2.14. The van der Waals surface area contributed by atoms with Gasteiger partial charge in [-0.2, -0.15) is 0 Å². The molecule has 0 spiro atoms. The third-order valence-corrected chi connectivity index (χ3v) is 6.65. The number of rotatable bonds is 17. The summed E-state index contributed by atoms with van der Waals surface area (Å²) in [6.07, 6.45) is 20.0. The Morgan fingerprint density at radius 2 is 1.41 bits per heavy atom. The minimum Gasteiger partial charge on any atom is -0.350 e. The fourth-order valence-electron chi connectivity index (χ4n) is 4.57. The molecule has 1 aliphatic rings. The minimum absolute atomic E-state index is 0.103. The van der Waals surface area contributed by atoms with Crippen molar-refractivity contribution < 1.29 is 4.79 Å². The van der Waals surface area contributed by atoms with Crippen molar-refractivity contribution in [2.75, 3.05) is 0 Å². The van der Waals surface area contributed by atoms with Crippen LogP contribution in [0.5, 0.6) is 0 Å². The molecule has 1 amide bonds. The molecule has 0 aromatic heterocycles. The first-order chi connectivity index (χ1) is 14.2. The van der Waals surface area contributed by atoms with Gasteiger partial charge in [-0.15, -0.1) is 0 Å². The Labute approximate surface area is 180 Å². The highest BCUT2D eigenvalue weighted by atomic mass is 16.1. The van der Waals surface area contributed by atoms with Gasteiger partial charge in [0.05, 0.1) is 6.04 Å². The second kappa shape index (κ2) is 14.6. The van der Waals surface area contributed by atoms with E-state index in [9.17, 15) is 4.79 Å². The van der Waals surface area contributed by atoms with E-state index in [1.807, 2.05) is 18.2 Å². The maximum atomic E-state index is 12.1. The minimum atomic E-state index is 0.103. The molecular formula is C27H45NO. The lowest BCUT2D eigenvalue weighted by molar-refractivity contribution is -0.121. The monoisotopic (exact) mass is 399 g/mol. The van der Waals surface area contributed by atoms with Crippen molar-refractivity contribution in [3.63, 3.8) is 0 Å². The fourth-order valence-corrected chi connectivity index (χ4v) is 4.57. The van der Waals surface area contributed by atoms with Crippen LogP contribution in [0.25, 0.3) is 0 Å². The molecule has 0 radical (unpaired) electrons. The number of hydrogen-bond donors (Lipinski definition) is 1. The Hall–Kier alpha value is -1.31. The Balaban J connectivity index is 1.36. The smallest absolute Gasteiger partial charge is 0.220 e. The largest absolute Gasteiger partial charge is 0.350 e. The van der Waals surface area contributed by atoms with Gasteiger partial charge in [0.1, 0.15) is 0 Å². The second-order valence-electron chi connectivity index (χ2n) is 9.32. The van der Waals surface area contributed by atoms with Crippen LogP contribution < -0.4 is 5.32 Å². The van der Waals surface area contributed by atoms with Gasteiger partial charge in [-0.3, -0.25) is 4.79 Å². The molecule has 3 atom stereocenters. The highest BCUT2D eigenvalue weighted by molar-refractivity contribution is 5.76. The third kappa shape index (κ3) is 10.9. The number of hydrogen-bond acceptors (Lipinski definition) is 1. The van der Waals surface area contributed by atoms with Gasteiger partial charge in [0.25, 0.3) is 0 Å². The van der Waals surface area contributed by atoms with Crippen molar-refractivity contribution in [1.29, 1.82) is 0 Å². The summed E-state index contributed by atoms with van der Waals surface area (Å²) in [5, 5.41) is 3.12. The molecule has 1 aliphatic carbocycles. The zero-order valence-corrected chi connectivity index (χ0v) is 19.1. The van der Waals surface area contributed by atoms with Crippen LogP contribution >= 0.6 is 0 Å². The first kappa shape index (κ1) is 24.0. The molecule has 1 aromatic rings. The quantitative estimate of drug-likeness (QED) is 0.264. The molecule has 0 aliphatic heterocycles. The third-order valence-electron chi connectivity index (χ3n) is 6.65. The number of amides is 1. The molecule has 2 nitrogen and oxygen atoms in total. The summed E-state index contributed by atoms with van der Waals surface area (Å²) < 4.78 is 0. The van der Waals surface area contributed by atoms with Crippen LogP contribution in [0.15, 0.2) is 30.3 Å². The van der Waals surface area contributed by atoms with Crippen molar-refractivity contribution in [1.82, 2.24) is 5.32 Å². The van der Waals surface area contributed by atoms with Crippen LogP contribution in [0.3, 0.4) is 0 Å². The summed E-state index contributed by atoms with van der Waals surface area (Å²) in [4.78, 5) is 12.1. The van der Waals surface area contributed by atoms with Gasteiger partial charge in [-0.25, -0.2) is 0 Å². The van der Waals surface area contributed by atoms with Crippen LogP contribution in [0.1, 0.15) is 122 Å². The summed E-state index contributed by atoms with van der Waals surface area (Å²) in [6, 6.07) is 10.3. The fraction of sp³-hybridized carbons (Fsp3) is 0.741. The Kier molecular flexibility index (Phi) is 12.1. The van der Waals surface area contributed by atoms with Gasteiger partial charge >= 0.3 is 0 Å². The summed E-state index contributed by atoms with van der Waals surface area (Å²) >= 11 is 0. The average Bonchev–Trinajstić information content (AvgIpc) is 3.48. The van der Waals surface area contributed by atoms with Gasteiger partial charge in [0.15, 0.2) is 0 Å². The second-order valence-corrected chi connectivity index (χ2v) is 9.32. The summed E-state index contributed by atoms with van der Waals surface area (Å²) in [5.41, 5.74) is 1.18. The zero-order chi connectivity index (χ0) is 20.7. The first-order valence-corrected chi connectivity index (χ1v) is 12.5. The number of carbonyl (C=O) groups excluding carboxylic acids is 1. The maximum Gasteiger partial charge on any atom is 0.220 e. The predicted octanol–water partition coefficient (Wildman–Crippen LogP) is 7.98. The zero-order valence-electron chi connectivity index (χ0n) is 19.1. The van der Waals surface area contributed by atoms with Gasteiger partial charge in [0, 0.05) is 6.42 Å². The van der Waals surface area contributed by atoms with Crippen molar-refractivity contribution >= 4 is 5.91 Å². The highest BCUT2D eigenvalue weighted by Gasteiger charge is 2.34. The average molecular weight is 400 g/mol. The SMILES string of the molecule is CCCCCCCCC1CC1CCCCCCCC(=O)NC(C)c1ccccc1. The highest BCUT2D eigenvalue weighted by Crippen LogP contribution is 2.45. The lowest BCUT2D eigenvalue weighted by atomic mass is 10.0. The Morgan fingerprint density at radius 3 is 2.03 bits per heavy atom. The summed E-state index contributed by atoms with van der Waals surface area (Å²) in [7, 11) is 0. The van der Waals surface area contributed by atoms with E-state index in [2.05, 4.69) is 31.3 Å². The van der Waals surface area contributed by atoms with E-state index in [0.717, 1.165) is 18.3 Å². The predicted molar refractivity (Wildman–Crippen MR) is 125 cm³/mol. The van der Waals surface area contributed by atoms with Crippen LogP contribution in [0.2, 0.25) is 0 Å². The van der Waals surface area contributed by atoms with Gasteiger partial charge in [0.2, 0.25) is 5.91 Å². The molecule has 29 heavy (non-hydrogen) atoms. The molecule has 0 heterocycles. The lowest BCUT2D eigenvalue weighted by Crippen LogP contribution is -2.26. The molecule has 0 saturated heterocycles. The molecule has 2 rings (SSSR count). The number of nitrogens with one attached hydrogen (secondary N) is 1.